The molecule has 0 atom stereocenters. The van der Waals surface area contributed by atoms with Gasteiger partial charge in [-0.1, -0.05) is 51.1 Å². The second-order valence-corrected chi connectivity index (χ2v) is 7.83. The Labute approximate surface area is 148 Å². The van der Waals surface area contributed by atoms with Gasteiger partial charge in [0.25, 0.3) is 0 Å². The predicted octanol–water partition coefficient (Wildman–Crippen LogP) is 4.07. The number of hydrogen-bond acceptors (Lipinski definition) is 2. The molecule has 2 aromatic carbocycles. The molecule has 1 radical (unpaired) electrons. The molecule has 0 saturated heterocycles. The summed E-state index contributed by atoms with van der Waals surface area (Å²) in [6.45, 7) is 6.23. The molecule has 1 aliphatic rings. The second-order valence-electron chi connectivity index (χ2n) is 7.83. The molecule has 1 aliphatic heterocycles. The first kappa shape index (κ1) is 15.9. The van der Waals surface area contributed by atoms with Crippen LogP contribution >= 0.6 is 0 Å². The summed E-state index contributed by atoms with van der Waals surface area (Å²) >= 11 is 0. The van der Waals surface area contributed by atoms with Crippen LogP contribution in [0, 0.1) is 5.41 Å². The average Bonchev–Trinajstić information content (AvgIpc) is 2.59. The van der Waals surface area contributed by atoms with Gasteiger partial charge in [0.2, 0.25) is 0 Å². The molecular formula is C21H21BNO2. The lowest BCUT2D eigenvalue weighted by Crippen LogP contribution is -2.63. The van der Waals surface area contributed by atoms with Gasteiger partial charge in [0.1, 0.15) is 6.20 Å². The lowest BCUT2D eigenvalue weighted by Gasteiger charge is -2.33. The Kier molecular flexibility index (Phi) is 3.64. The Balaban J connectivity index is 1.94. The van der Waals surface area contributed by atoms with Gasteiger partial charge in [-0.05, 0) is 35.4 Å². The first-order chi connectivity index (χ1) is 11.9. The van der Waals surface area contributed by atoms with Gasteiger partial charge in [-0.3, -0.25) is 0 Å². The van der Waals surface area contributed by atoms with E-state index in [2.05, 4.69) is 39.0 Å². The van der Waals surface area contributed by atoms with Gasteiger partial charge in [0.05, 0.1) is 17.0 Å². The number of benzene rings is 2. The van der Waals surface area contributed by atoms with Gasteiger partial charge < -0.3 is 13.9 Å². The minimum Gasteiger partial charge on any atom is -0.671 e. The van der Waals surface area contributed by atoms with Crippen LogP contribution in [0.5, 0.6) is 5.75 Å². The normalized spacial score (nSPS) is 13.9. The fourth-order valence-electron chi connectivity index (χ4n) is 3.48. The highest BCUT2D eigenvalue weighted by atomic mass is 16.5. The first-order valence-corrected chi connectivity index (χ1v) is 8.66. The van der Waals surface area contributed by atoms with Crippen LogP contribution in [0.15, 0.2) is 60.8 Å². The van der Waals surface area contributed by atoms with Gasteiger partial charge in [-0.25, -0.2) is 0 Å². The summed E-state index contributed by atoms with van der Waals surface area (Å²) in [5, 5.41) is 2.29. The third-order valence-electron chi connectivity index (χ3n) is 4.50. The van der Waals surface area contributed by atoms with Crippen molar-refractivity contribution in [1.82, 2.24) is 0 Å². The quantitative estimate of drug-likeness (QED) is 0.663. The van der Waals surface area contributed by atoms with E-state index in [4.69, 9.17) is 4.65 Å². The van der Waals surface area contributed by atoms with Crippen molar-refractivity contribution >= 4 is 23.5 Å². The standard InChI is InChI=1S/C21H21BNO2/c1-21(2,3)14-19(24)22-23-13-12-15-8-4-5-9-16(15)20(23)17-10-6-7-11-18(17)25-22/h4-13H,14H2,1-3H3. The van der Waals surface area contributed by atoms with Crippen LogP contribution in [0.1, 0.15) is 27.2 Å². The van der Waals surface area contributed by atoms with Crippen LogP contribution in [0.2, 0.25) is 0 Å². The Morgan fingerprint density at radius 1 is 1.04 bits per heavy atom. The Morgan fingerprint density at radius 2 is 1.76 bits per heavy atom. The van der Waals surface area contributed by atoms with Crippen LogP contribution in [0.3, 0.4) is 0 Å². The lowest BCUT2D eigenvalue weighted by atomic mass is 9.68. The highest BCUT2D eigenvalue weighted by Gasteiger charge is 2.35. The molecule has 125 valence electrons. The van der Waals surface area contributed by atoms with Crippen LogP contribution in [0.25, 0.3) is 22.0 Å². The summed E-state index contributed by atoms with van der Waals surface area (Å²) in [6, 6.07) is 18.3. The molecule has 0 unspecified atom stereocenters. The minimum absolute atomic E-state index is 0.0744. The van der Waals surface area contributed by atoms with Crippen molar-refractivity contribution in [3.05, 3.63) is 60.8 Å². The van der Waals surface area contributed by atoms with E-state index in [1.54, 1.807) is 0 Å². The number of carbonyl (C=O) groups excluding carboxylic acids is 1. The zero-order valence-corrected chi connectivity index (χ0v) is 14.8. The molecule has 4 heteroatoms. The lowest BCUT2D eigenvalue weighted by molar-refractivity contribution is -0.533. The molecule has 0 spiro atoms. The van der Waals surface area contributed by atoms with Crippen molar-refractivity contribution in [3.63, 3.8) is 0 Å². The molecule has 3 aromatic rings. The smallest absolute Gasteiger partial charge is 0.498 e. The predicted molar refractivity (Wildman–Crippen MR) is 100 cm³/mol. The monoisotopic (exact) mass is 330 g/mol. The van der Waals surface area contributed by atoms with Gasteiger partial charge in [-0.15, -0.1) is 0 Å². The molecule has 0 bridgehead atoms. The molecule has 25 heavy (non-hydrogen) atoms. The number of pyridine rings is 1. The number of aromatic nitrogens is 1. The molecule has 0 N–H and O–H groups in total. The molecule has 0 fully saturated rings. The van der Waals surface area contributed by atoms with Crippen LogP contribution < -0.4 is 9.13 Å². The summed E-state index contributed by atoms with van der Waals surface area (Å²) in [5.74, 6) is 0.770. The van der Waals surface area contributed by atoms with E-state index in [9.17, 15) is 4.79 Å². The van der Waals surface area contributed by atoms with Crippen LogP contribution in [0.4, 0.5) is 0 Å². The molecule has 0 amide bonds. The van der Waals surface area contributed by atoms with Crippen molar-refractivity contribution in [1.29, 1.82) is 0 Å². The number of fused-ring (bicyclic) bond motifs is 5. The van der Waals surface area contributed by atoms with E-state index in [0.717, 1.165) is 27.8 Å². The maximum Gasteiger partial charge on any atom is 0.498 e. The molecule has 0 saturated carbocycles. The largest absolute Gasteiger partial charge is 0.671 e. The summed E-state index contributed by atoms with van der Waals surface area (Å²) < 4.78 is 8.11. The van der Waals surface area contributed by atoms with Crippen LogP contribution in [-0.4, -0.2) is 12.7 Å². The van der Waals surface area contributed by atoms with Crippen molar-refractivity contribution in [2.24, 2.45) is 5.41 Å². The molecule has 2 heterocycles. The van der Waals surface area contributed by atoms with Gasteiger partial charge >= 0.3 is 7.05 Å². The minimum atomic E-state index is -0.617. The van der Waals surface area contributed by atoms with Crippen molar-refractivity contribution in [2.45, 2.75) is 27.2 Å². The fraction of sp³-hybridized carbons (Fsp3) is 0.238. The molecule has 0 aliphatic carbocycles. The molecule has 1 aromatic heterocycles. The number of rotatable bonds is 2. The number of para-hydroxylation sites is 1. The zero-order valence-electron chi connectivity index (χ0n) is 14.8. The van der Waals surface area contributed by atoms with E-state index in [-0.39, 0.29) is 11.1 Å². The van der Waals surface area contributed by atoms with Crippen molar-refractivity contribution in [3.8, 4) is 17.0 Å². The first-order valence-electron chi connectivity index (χ1n) is 8.66. The zero-order chi connectivity index (χ0) is 17.6. The number of nitrogens with zero attached hydrogens (tertiary/aromatic N) is 1. The molecule has 3 nitrogen and oxygen atoms in total. The Morgan fingerprint density at radius 3 is 2.56 bits per heavy atom. The molecular weight excluding hydrogens is 309 g/mol. The van der Waals surface area contributed by atoms with E-state index in [1.807, 2.05) is 47.1 Å². The van der Waals surface area contributed by atoms with Gasteiger partial charge in [0, 0.05) is 11.5 Å². The SMILES string of the molecule is CC(C)(C)CC(=O)[B-]1Oc2ccccc2-c2c3ccccc3cc[n+]21. The van der Waals surface area contributed by atoms with Crippen molar-refractivity contribution < 1.29 is 13.9 Å². The third-order valence-corrected chi connectivity index (χ3v) is 4.50. The maximum absolute atomic E-state index is 13.0. The average molecular weight is 330 g/mol. The third kappa shape index (κ3) is 2.82. The van der Waals surface area contributed by atoms with Gasteiger partial charge in [-0.2, -0.15) is 0 Å². The fourth-order valence-corrected chi connectivity index (χ4v) is 3.48. The summed E-state index contributed by atoms with van der Waals surface area (Å²) in [4.78, 5) is 13.0. The van der Waals surface area contributed by atoms with E-state index >= 15 is 0 Å². The summed E-state index contributed by atoms with van der Waals surface area (Å²) in [5.41, 5.74) is 2.10. The second kappa shape index (κ2) is 5.73. The topological polar surface area (TPSA) is 30.2 Å². The summed E-state index contributed by atoms with van der Waals surface area (Å²) in [7, 11) is -0.617. The Bertz CT molecular complexity index is 975. The van der Waals surface area contributed by atoms with Crippen LogP contribution in [-0.2, 0) is 4.79 Å². The highest BCUT2D eigenvalue weighted by Crippen LogP contribution is 2.35. The van der Waals surface area contributed by atoms with E-state index < -0.39 is 7.05 Å². The Hall–Kier alpha value is -2.62. The van der Waals surface area contributed by atoms with E-state index in [0.29, 0.717) is 6.42 Å². The van der Waals surface area contributed by atoms with Crippen molar-refractivity contribution in [2.75, 3.05) is 0 Å². The molecule has 4 rings (SSSR count). The summed E-state index contributed by atoms with van der Waals surface area (Å²) in [6.07, 6.45) is 2.44. The number of carbonyl (C=O) groups is 1. The highest BCUT2D eigenvalue weighted by molar-refractivity contribution is 6.79. The van der Waals surface area contributed by atoms with Gasteiger partial charge in [0.15, 0.2) is 5.69 Å². The number of hydrogen-bond donors (Lipinski definition) is 0. The maximum atomic E-state index is 13.0. The van der Waals surface area contributed by atoms with E-state index in [1.165, 1.54) is 0 Å².